The predicted molar refractivity (Wildman–Crippen MR) is 125 cm³/mol. The Hall–Kier alpha value is -3.53. The molecule has 2 heterocycles. The number of nitrogens with zero attached hydrogens (tertiary/aromatic N) is 3. The average Bonchev–Trinajstić information content (AvgIpc) is 2.85. The van der Waals surface area contributed by atoms with E-state index in [-0.39, 0.29) is 5.91 Å². The SMILES string of the molecule is Cc1nc(-c2ccccc2)cc(-c2cccc(C#N)c2)c1NC(=O)CCN1CCOCC1. The third kappa shape index (κ3) is 5.20. The molecule has 4 rings (SSSR count). The van der Waals surface area contributed by atoms with Gasteiger partial charge in [0.1, 0.15) is 0 Å². The summed E-state index contributed by atoms with van der Waals surface area (Å²) in [5.41, 5.74) is 5.55. The highest BCUT2D eigenvalue weighted by Crippen LogP contribution is 2.34. The number of carbonyl (C=O) groups excluding carboxylic acids is 1. The Labute approximate surface area is 188 Å². The van der Waals surface area contributed by atoms with E-state index < -0.39 is 0 Å². The van der Waals surface area contributed by atoms with Crippen molar-refractivity contribution in [3.63, 3.8) is 0 Å². The van der Waals surface area contributed by atoms with Gasteiger partial charge in [-0.2, -0.15) is 5.26 Å². The molecule has 1 N–H and O–H groups in total. The first-order valence-corrected chi connectivity index (χ1v) is 10.8. The molecule has 0 aliphatic carbocycles. The summed E-state index contributed by atoms with van der Waals surface area (Å²) in [6, 6.07) is 21.5. The Morgan fingerprint density at radius 1 is 1.09 bits per heavy atom. The molecule has 0 atom stereocenters. The average molecular weight is 427 g/mol. The predicted octanol–water partition coefficient (Wildman–Crippen LogP) is 4.26. The van der Waals surface area contributed by atoms with Crippen molar-refractivity contribution in [1.82, 2.24) is 9.88 Å². The van der Waals surface area contributed by atoms with Gasteiger partial charge in [-0.15, -0.1) is 0 Å². The molecule has 1 fully saturated rings. The van der Waals surface area contributed by atoms with E-state index >= 15 is 0 Å². The number of ether oxygens (including phenoxy) is 1. The van der Waals surface area contributed by atoms with Crippen LogP contribution in [0.1, 0.15) is 17.7 Å². The van der Waals surface area contributed by atoms with E-state index in [9.17, 15) is 10.1 Å². The number of aryl methyl sites for hydroxylation is 1. The van der Waals surface area contributed by atoms with Gasteiger partial charge in [-0.1, -0.05) is 42.5 Å². The lowest BCUT2D eigenvalue weighted by Crippen LogP contribution is -2.38. The summed E-state index contributed by atoms with van der Waals surface area (Å²) in [6.45, 7) is 5.73. The van der Waals surface area contributed by atoms with Crippen LogP contribution in [0.25, 0.3) is 22.4 Å². The quantitative estimate of drug-likeness (QED) is 0.637. The summed E-state index contributed by atoms with van der Waals surface area (Å²) in [5.74, 6) is -0.0495. The minimum atomic E-state index is -0.0495. The normalized spacial score (nSPS) is 14.0. The summed E-state index contributed by atoms with van der Waals surface area (Å²) >= 11 is 0. The number of pyridine rings is 1. The van der Waals surface area contributed by atoms with Crippen molar-refractivity contribution in [3.8, 4) is 28.5 Å². The van der Waals surface area contributed by atoms with Gasteiger partial charge >= 0.3 is 0 Å². The monoisotopic (exact) mass is 426 g/mol. The fraction of sp³-hybridized carbons (Fsp3) is 0.269. The molecule has 6 nitrogen and oxygen atoms in total. The zero-order valence-corrected chi connectivity index (χ0v) is 18.2. The molecule has 162 valence electrons. The van der Waals surface area contributed by atoms with E-state index in [0.717, 1.165) is 41.2 Å². The van der Waals surface area contributed by atoms with Gasteiger partial charge < -0.3 is 10.1 Å². The van der Waals surface area contributed by atoms with E-state index in [1.54, 1.807) is 6.07 Å². The van der Waals surface area contributed by atoms with E-state index in [1.807, 2.05) is 61.5 Å². The number of aromatic nitrogens is 1. The van der Waals surface area contributed by atoms with Crippen LogP contribution in [0.4, 0.5) is 5.69 Å². The highest BCUT2D eigenvalue weighted by Gasteiger charge is 2.17. The second-order valence-corrected chi connectivity index (χ2v) is 7.83. The van der Waals surface area contributed by atoms with E-state index in [0.29, 0.717) is 37.4 Å². The molecule has 0 unspecified atom stereocenters. The summed E-state index contributed by atoms with van der Waals surface area (Å²) in [5, 5.41) is 12.4. The zero-order valence-electron chi connectivity index (χ0n) is 18.2. The number of amides is 1. The first-order chi connectivity index (χ1) is 15.6. The maximum absolute atomic E-state index is 12.8. The highest BCUT2D eigenvalue weighted by molar-refractivity contribution is 5.97. The van der Waals surface area contributed by atoms with Gasteiger partial charge in [-0.3, -0.25) is 14.7 Å². The summed E-state index contributed by atoms with van der Waals surface area (Å²) < 4.78 is 5.38. The molecule has 6 heteroatoms. The summed E-state index contributed by atoms with van der Waals surface area (Å²) in [6.07, 6.45) is 0.400. The van der Waals surface area contributed by atoms with Crippen molar-refractivity contribution < 1.29 is 9.53 Å². The van der Waals surface area contributed by atoms with Crippen molar-refractivity contribution in [2.75, 3.05) is 38.2 Å². The van der Waals surface area contributed by atoms with Gasteiger partial charge in [-0.25, -0.2) is 0 Å². The van der Waals surface area contributed by atoms with Gasteiger partial charge in [-0.05, 0) is 30.7 Å². The summed E-state index contributed by atoms with van der Waals surface area (Å²) in [7, 11) is 0. The van der Waals surface area contributed by atoms with Gasteiger partial charge in [0.05, 0.1) is 41.9 Å². The number of benzene rings is 2. The molecule has 0 bridgehead atoms. The van der Waals surface area contributed by atoms with Gasteiger partial charge in [0.2, 0.25) is 5.91 Å². The van der Waals surface area contributed by atoms with Crippen molar-refractivity contribution in [2.45, 2.75) is 13.3 Å². The van der Waals surface area contributed by atoms with Crippen LogP contribution in [0.2, 0.25) is 0 Å². The fourth-order valence-electron chi connectivity index (χ4n) is 3.86. The second kappa shape index (κ2) is 10.2. The third-order valence-corrected chi connectivity index (χ3v) is 5.60. The number of anilines is 1. The number of rotatable bonds is 6. The van der Waals surface area contributed by atoms with Crippen LogP contribution in [-0.2, 0) is 9.53 Å². The molecular weight excluding hydrogens is 400 g/mol. The lowest BCUT2D eigenvalue weighted by Gasteiger charge is -2.26. The number of hydrogen-bond donors (Lipinski definition) is 1. The largest absolute Gasteiger partial charge is 0.379 e. The molecule has 32 heavy (non-hydrogen) atoms. The Morgan fingerprint density at radius 3 is 2.59 bits per heavy atom. The second-order valence-electron chi connectivity index (χ2n) is 7.83. The van der Waals surface area contributed by atoms with Crippen LogP contribution in [0.15, 0.2) is 60.7 Å². The third-order valence-electron chi connectivity index (χ3n) is 5.60. The van der Waals surface area contributed by atoms with Crippen LogP contribution in [-0.4, -0.2) is 48.6 Å². The van der Waals surface area contributed by atoms with Gasteiger partial charge in [0, 0.05) is 37.2 Å². The number of carbonyl (C=O) groups is 1. The van der Waals surface area contributed by atoms with Crippen molar-refractivity contribution in [1.29, 1.82) is 5.26 Å². The standard InChI is InChI=1S/C26H26N4O2/c1-19-26(29-25(31)10-11-30-12-14-32-15-13-30)23(22-9-5-6-20(16-22)18-27)17-24(28-19)21-7-3-2-4-8-21/h2-9,16-17H,10-15H2,1H3,(H,29,31). The number of nitriles is 1. The molecule has 1 aromatic heterocycles. The van der Waals surface area contributed by atoms with E-state index in [4.69, 9.17) is 9.72 Å². The minimum absolute atomic E-state index is 0.0495. The molecule has 2 aromatic carbocycles. The van der Waals surface area contributed by atoms with Crippen LogP contribution in [0.5, 0.6) is 0 Å². The van der Waals surface area contributed by atoms with E-state index in [1.165, 1.54) is 0 Å². The molecule has 1 saturated heterocycles. The van der Waals surface area contributed by atoms with Crippen LogP contribution in [0, 0.1) is 18.3 Å². The van der Waals surface area contributed by atoms with Gasteiger partial charge in [0.15, 0.2) is 0 Å². The highest BCUT2D eigenvalue weighted by atomic mass is 16.5. The van der Waals surface area contributed by atoms with Crippen LogP contribution < -0.4 is 5.32 Å². The Balaban J connectivity index is 1.65. The molecule has 1 aliphatic rings. The van der Waals surface area contributed by atoms with Crippen molar-refractivity contribution >= 4 is 11.6 Å². The molecular formula is C26H26N4O2. The lowest BCUT2D eigenvalue weighted by molar-refractivity contribution is -0.116. The van der Waals surface area contributed by atoms with Crippen molar-refractivity contribution in [3.05, 3.63) is 71.9 Å². The zero-order chi connectivity index (χ0) is 22.3. The number of morpholine rings is 1. The molecule has 3 aromatic rings. The topological polar surface area (TPSA) is 78.2 Å². The van der Waals surface area contributed by atoms with Gasteiger partial charge in [0.25, 0.3) is 0 Å². The number of nitrogens with one attached hydrogen (secondary N) is 1. The van der Waals surface area contributed by atoms with Crippen molar-refractivity contribution in [2.24, 2.45) is 0 Å². The molecule has 0 saturated carbocycles. The Morgan fingerprint density at radius 2 is 1.84 bits per heavy atom. The van der Waals surface area contributed by atoms with Crippen LogP contribution in [0.3, 0.4) is 0 Å². The molecule has 0 spiro atoms. The van der Waals surface area contributed by atoms with Crippen LogP contribution >= 0.6 is 0 Å². The minimum Gasteiger partial charge on any atom is -0.379 e. The molecule has 1 aliphatic heterocycles. The first-order valence-electron chi connectivity index (χ1n) is 10.8. The smallest absolute Gasteiger partial charge is 0.225 e. The van der Waals surface area contributed by atoms with E-state index in [2.05, 4.69) is 16.3 Å². The maximum atomic E-state index is 12.8. The Bertz CT molecular complexity index is 1130. The number of hydrogen-bond acceptors (Lipinski definition) is 5. The molecule has 1 amide bonds. The first kappa shape index (κ1) is 21.7. The Kier molecular flexibility index (Phi) is 6.90. The lowest BCUT2D eigenvalue weighted by atomic mass is 9.98. The molecule has 0 radical (unpaired) electrons. The summed E-state index contributed by atoms with van der Waals surface area (Å²) in [4.78, 5) is 19.8. The maximum Gasteiger partial charge on any atom is 0.225 e. The fourth-order valence-corrected chi connectivity index (χ4v) is 3.86.